The maximum Gasteiger partial charge on any atom is 0.106 e. The third kappa shape index (κ3) is 2.98. The Morgan fingerprint density at radius 3 is 2.19 bits per heavy atom. The van der Waals surface area contributed by atoms with Gasteiger partial charge in [-0.15, -0.1) is 0 Å². The van der Waals surface area contributed by atoms with Gasteiger partial charge in [-0.05, 0) is 30.7 Å². The normalized spacial score (nSPS) is 11.9. The van der Waals surface area contributed by atoms with Crippen molar-refractivity contribution in [3.05, 3.63) is 48.3 Å². The van der Waals surface area contributed by atoms with Gasteiger partial charge < -0.3 is 20.3 Å². The number of rotatable bonds is 5. The number of aryl methyl sites for hydroxylation is 1. The third-order valence-corrected chi connectivity index (χ3v) is 2.50. The van der Waals surface area contributed by atoms with E-state index in [-0.39, 0.29) is 0 Å². The predicted molar refractivity (Wildman–Crippen MR) is 60.5 cm³/mol. The van der Waals surface area contributed by atoms with Crippen LogP contribution in [0.2, 0.25) is 0 Å². The van der Waals surface area contributed by atoms with Crippen LogP contribution < -0.4 is 11.5 Å². The molecule has 0 spiro atoms. The van der Waals surface area contributed by atoms with E-state index >= 15 is 0 Å². The Bertz CT molecular complexity index is 404. The lowest BCUT2D eigenvalue weighted by molar-refractivity contribution is 0.354. The van der Waals surface area contributed by atoms with Crippen LogP contribution in [0.4, 0.5) is 0 Å². The molecule has 0 atom stereocenters. The molecule has 0 saturated carbocycles. The van der Waals surface area contributed by atoms with Crippen molar-refractivity contribution in [3.63, 3.8) is 0 Å². The maximum atomic E-state index is 6.00. The van der Waals surface area contributed by atoms with E-state index in [1.165, 1.54) is 0 Å². The molecule has 0 amide bonds. The van der Waals surface area contributed by atoms with E-state index in [4.69, 9.17) is 20.3 Å². The third-order valence-electron chi connectivity index (χ3n) is 2.50. The minimum Gasteiger partial charge on any atom is -0.469 e. The van der Waals surface area contributed by atoms with Crippen molar-refractivity contribution in [2.45, 2.75) is 24.9 Å². The van der Waals surface area contributed by atoms with E-state index in [1.54, 1.807) is 12.5 Å². The molecular formula is C12H16N2O2. The maximum absolute atomic E-state index is 6.00. The first-order valence-electron chi connectivity index (χ1n) is 5.28. The molecule has 2 aromatic rings. The van der Waals surface area contributed by atoms with Crippen molar-refractivity contribution in [2.75, 3.05) is 0 Å². The summed E-state index contributed by atoms with van der Waals surface area (Å²) in [5.41, 5.74) is 11.2. The molecule has 2 aromatic heterocycles. The summed E-state index contributed by atoms with van der Waals surface area (Å²) in [4.78, 5) is 0. The van der Waals surface area contributed by atoms with Crippen LogP contribution >= 0.6 is 0 Å². The average molecular weight is 220 g/mol. The van der Waals surface area contributed by atoms with Crippen molar-refractivity contribution in [1.82, 2.24) is 0 Å². The summed E-state index contributed by atoms with van der Waals surface area (Å²) in [6.45, 7) is 0. The van der Waals surface area contributed by atoms with Gasteiger partial charge in [0.1, 0.15) is 11.5 Å². The summed E-state index contributed by atoms with van der Waals surface area (Å²) >= 11 is 0. The lowest BCUT2D eigenvalue weighted by Crippen LogP contribution is -2.51. The first-order chi connectivity index (χ1) is 7.66. The highest BCUT2D eigenvalue weighted by Gasteiger charge is 2.21. The highest BCUT2D eigenvalue weighted by atomic mass is 16.3. The molecule has 0 unspecified atom stereocenters. The zero-order valence-corrected chi connectivity index (χ0v) is 9.06. The van der Waals surface area contributed by atoms with E-state index in [1.807, 2.05) is 24.3 Å². The Morgan fingerprint density at radius 1 is 1.00 bits per heavy atom. The summed E-state index contributed by atoms with van der Waals surface area (Å²) in [6, 6.07) is 7.48. The topological polar surface area (TPSA) is 78.3 Å². The minimum atomic E-state index is -0.759. The fraction of sp³-hybridized carbons (Fsp3) is 0.333. The van der Waals surface area contributed by atoms with Crippen molar-refractivity contribution < 1.29 is 8.83 Å². The molecule has 0 aliphatic heterocycles. The second-order valence-electron chi connectivity index (χ2n) is 4.07. The van der Waals surface area contributed by atoms with Crippen molar-refractivity contribution in [2.24, 2.45) is 11.5 Å². The minimum absolute atomic E-state index is 0.528. The molecule has 0 radical (unpaired) electrons. The lowest BCUT2D eigenvalue weighted by Gasteiger charge is -2.22. The van der Waals surface area contributed by atoms with Gasteiger partial charge >= 0.3 is 0 Å². The molecule has 0 fully saturated rings. The molecular weight excluding hydrogens is 204 g/mol. The second-order valence-corrected chi connectivity index (χ2v) is 4.07. The van der Waals surface area contributed by atoms with E-state index in [9.17, 15) is 0 Å². The van der Waals surface area contributed by atoms with E-state index in [0.29, 0.717) is 12.8 Å². The molecule has 0 bridgehead atoms. The lowest BCUT2D eigenvalue weighted by atomic mass is 9.99. The molecule has 0 aromatic carbocycles. The van der Waals surface area contributed by atoms with Gasteiger partial charge in [-0.1, -0.05) is 0 Å². The van der Waals surface area contributed by atoms with Gasteiger partial charge in [-0.25, -0.2) is 0 Å². The molecule has 4 N–H and O–H groups in total. The first-order valence-corrected chi connectivity index (χ1v) is 5.28. The van der Waals surface area contributed by atoms with Gasteiger partial charge in [-0.3, -0.25) is 0 Å². The monoisotopic (exact) mass is 220 g/mol. The zero-order valence-electron chi connectivity index (χ0n) is 9.06. The first kappa shape index (κ1) is 11.0. The highest BCUT2D eigenvalue weighted by Crippen LogP contribution is 2.14. The van der Waals surface area contributed by atoms with Crippen LogP contribution in [0.1, 0.15) is 17.9 Å². The summed E-state index contributed by atoms with van der Waals surface area (Å²) in [6.07, 6.45) is 5.19. The summed E-state index contributed by atoms with van der Waals surface area (Å²) in [7, 11) is 0. The quantitative estimate of drug-likeness (QED) is 0.751. The summed E-state index contributed by atoms with van der Waals surface area (Å²) in [5.74, 6) is 1.71. The van der Waals surface area contributed by atoms with Crippen molar-refractivity contribution >= 4 is 0 Å². The highest BCUT2D eigenvalue weighted by molar-refractivity contribution is 5.05. The van der Waals surface area contributed by atoms with Gasteiger partial charge in [0, 0.05) is 12.8 Å². The standard InChI is InChI=1S/C12H16N2O2/c13-12(14,9-11-4-2-8-16-11)6-5-10-3-1-7-15-10/h1-4,7-8H,5-6,9,13-14H2. The van der Waals surface area contributed by atoms with Crippen LogP contribution in [0, 0.1) is 0 Å². The van der Waals surface area contributed by atoms with E-state index < -0.39 is 5.66 Å². The predicted octanol–water partition coefficient (Wildman–Crippen LogP) is 1.66. The Morgan fingerprint density at radius 2 is 1.62 bits per heavy atom. The Kier molecular flexibility index (Phi) is 3.12. The van der Waals surface area contributed by atoms with Crippen LogP contribution in [-0.2, 0) is 12.8 Å². The SMILES string of the molecule is NC(N)(CCc1ccco1)Cc1ccco1. The Hall–Kier alpha value is -1.52. The fourth-order valence-corrected chi connectivity index (χ4v) is 1.64. The Labute approximate surface area is 94.2 Å². The molecule has 2 rings (SSSR count). The van der Waals surface area contributed by atoms with Crippen LogP contribution in [0.3, 0.4) is 0 Å². The molecule has 2 heterocycles. The van der Waals surface area contributed by atoms with E-state index in [2.05, 4.69) is 0 Å². The van der Waals surface area contributed by atoms with Gasteiger partial charge in [0.2, 0.25) is 0 Å². The number of furan rings is 2. The molecule has 4 heteroatoms. The summed E-state index contributed by atoms with van der Waals surface area (Å²) in [5, 5.41) is 0. The second kappa shape index (κ2) is 4.55. The van der Waals surface area contributed by atoms with Crippen molar-refractivity contribution in [1.29, 1.82) is 0 Å². The number of hydrogen-bond donors (Lipinski definition) is 2. The molecule has 86 valence electrons. The van der Waals surface area contributed by atoms with Gasteiger partial charge in [-0.2, -0.15) is 0 Å². The molecule has 4 nitrogen and oxygen atoms in total. The Balaban J connectivity index is 1.87. The average Bonchev–Trinajstić information content (AvgIpc) is 2.85. The molecule has 0 saturated heterocycles. The zero-order chi connectivity index (χ0) is 11.4. The number of nitrogens with two attached hydrogens (primary N) is 2. The largest absolute Gasteiger partial charge is 0.469 e. The van der Waals surface area contributed by atoms with Gasteiger partial charge in [0.05, 0.1) is 18.2 Å². The van der Waals surface area contributed by atoms with Crippen LogP contribution in [-0.4, -0.2) is 5.66 Å². The van der Waals surface area contributed by atoms with E-state index in [0.717, 1.165) is 17.9 Å². The van der Waals surface area contributed by atoms with Crippen LogP contribution in [0.25, 0.3) is 0 Å². The summed E-state index contributed by atoms with van der Waals surface area (Å²) < 4.78 is 10.5. The molecule has 0 aliphatic carbocycles. The molecule has 0 aliphatic rings. The van der Waals surface area contributed by atoms with Gasteiger partial charge in [0.15, 0.2) is 0 Å². The van der Waals surface area contributed by atoms with Gasteiger partial charge in [0.25, 0.3) is 0 Å². The van der Waals surface area contributed by atoms with Crippen molar-refractivity contribution in [3.8, 4) is 0 Å². The smallest absolute Gasteiger partial charge is 0.106 e. The molecule has 16 heavy (non-hydrogen) atoms. The number of hydrogen-bond acceptors (Lipinski definition) is 4. The fourth-order valence-electron chi connectivity index (χ4n) is 1.64. The van der Waals surface area contributed by atoms with Crippen LogP contribution in [0.5, 0.6) is 0 Å². The van der Waals surface area contributed by atoms with Crippen LogP contribution in [0.15, 0.2) is 45.6 Å².